The van der Waals surface area contributed by atoms with Crippen molar-refractivity contribution in [3.63, 3.8) is 0 Å². The van der Waals surface area contributed by atoms with Crippen molar-refractivity contribution in [1.82, 2.24) is 0 Å². The van der Waals surface area contributed by atoms with Gasteiger partial charge in [0, 0.05) is 5.02 Å². The fraction of sp³-hybridized carbons (Fsp3) is 0.417. The van der Waals surface area contributed by atoms with Gasteiger partial charge in [0.2, 0.25) is 0 Å². The standard InChI is InChI=1S/C12H10ClF3O2/c13-9-4-7(3-8(5-9)12(14,15)16)10(11(17)18)6-1-2-6/h3-6,10H,1-2H2,(H,17,18). The van der Waals surface area contributed by atoms with Crippen molar-refractivity contribution in [3.05, 3.63) is 34.3 Å². The summed E-state index contributed by atoms with van der Waals surface area (Å²) in [4.78, 5) is 11.1. The molecule has 0 amide bonds. The third-order valence-electron chi connectivity index (χ3n) is 2.97. The van der Waals surface area contributed by atoms with Gasteiger partial charge in [0.25, 0.3) is 0 Å². The van der Waals surface area contributed by atoms with E-state index >= 15 is 0 Å². The van der Waals surface area contributed by atoms with Crippen LogP contribution in [0.25, 0.3) is 0 Å². The topological polar surface area (TPSA) is 37.3 Å². The number of hydrogen-bond donors (Lipinski definition) is 1. The van der Waals surface area contributed by atoms with Gasteiger partial charge in [0.1, 0.15) is 0 Å². The van der Waals surface area contributed by atoms with Gasteiger partial charge in [-0.3, -0.25) is 4.79 Å². The molecule has 1 aliphatic rings. The maximum absolute atomic E-state index is 12.6. The molecule has 0 aliphatic heterocycles. The number of rotatable bonds is 3. The van der Waals surface area contributed by atoms with Gasteiger partial charge in [-0.15, -0.1) is 0 Å². The summed E-state index contributed by atoms with van der Waals surface area (Å²) in [5.41, 5.74) is -0.776. The van der Waals surface area contributed by atoms with Crippen LogP contribution in [0.3, 0.4) is 0 Å². The molecule has 98 valence electrons. The molecule has 1 aromatic carbocycles. The van der Waals surface area contributed by atoms with Crippen molar-refractivity contribution < 1.29 is 23.1 Å². The molecule has 1 N–H and O–H groups in total. The minimum atomic E-state index is -4.52. The molecule has 1 atom stereocenters. The minimum absolute atomic E-state index is 0.0814. The Hall–Kier alpha value is -1.23. The van der Waals surface area contributed by atoms with E-state index in [1.807, 2.05) is 0 Å². The third kappa shape index (κ3) is 2.77. The quantitative estimate of drug-likeness (QED) is 0.909. The van der Waals surface area contributed by atoms with Crippen LogP contribution in [-0.4, -0.2) is 11.1 Å². The fourth-order valence-corrected chi connectivity index (χ4v) is 2.25. The zero-order chi connectivity index (χ0) is 13.5. The Labute approximate surface area is 106 Å². The van der Waals surface area contributed by atoms with E-state index in [9.17, 15) is 18.0 Å². The first-order chi connectivity index (χ1) is 8.29. The molecule has 1 unspecified atom stereocenters. The molecule has 0 aromatic heterocycles. The van der Waals surface area contributed by atoms with Gasteiger partial charge in [-0.05, 0) is 42.5 Å². The van der Waals surface area contributed by atoms with Crippen LogP contribution in [-0.2, 0) is 11.0 Å². The average Bonchev–Trinajstić information content (AvgIpc) is 2.99. The predicted molar refractivity (Wildman–Crippen MR) is 59.6 cm³/mol. The van der Waals surface area contributed by atoms with Crippen LogP contribution in [0.1, 0.15) is 29.9 Å². The Bertz CT molecular complexity index is 481. The fourth-order valence-electron chi connectivity index (χ4n) is 2.00. The molecule has 2 rings (SSSR count). The molecule has 1 fully saturated rings. The molecule has 0 saturated heterocycles. The Morgan fingerprint density at radius 1 is 1.33 bits per heavy atom. The highest BCUT2D eigenvalue weighted by Crippen LogP contribution is 2.44. The number of alkyl halides is 3. The molecule has 0 heterocycles. The second-order valence-electron chi connectivity index (χ2n) is 4.42. The van der Waals surface area contributed by atoms with Crippen LogP contribution in [0.4, 0.5) is 13.2 Å². The largest absolute Gasteiger partial charge is 0.481 e. The van der Waals surface area contributed by atoms with Crippen LogP contribution in [0, 0.1) is 5.92 Å². The number of carbonyl (C=O) groups is 1. The number of carboxylic acids is 1. The zero-order valence-corrected chi connectivity index (χ0v) is 9.92. The van der Waals surface area contributed by atoms with Crippen molar-refractivity contribution in [3.8, 4) is 0 Å². The lowest BCUT2D eigenvalue weighted by molar-refractivity contribution is -0.140. The van der Waals surface area contributed by atoms with Gasteiger partial charge in [-0.25, -0.2) is 0 Å². The number of hydrogen-bond acceptors (Lipinski definition) is 1. The molecule has 0 radical (unpaired) electrons. The highest BCUT2D eigenvalue weighted by molar-refractivity contribution is 6.30. The van der Waals surface area contributed by atoms with Gasteiger partial charge in [-0.2, -0.15) is 13.2 Å². The molecule has 18 heavy (non-hydrogen) atoms. The molecular weight excluding hydrogens is 269 g/mol. The van der Waals surface area contributed by atoms with Crippen LogP contribution in [0.5, 0.6) is 0 Å². The first-order valence-electron chi connectivity index (χ1n) is 5.39. The van der Waals surface area contributed by atoms with Gasteiger partial charge >= 0.3 is 12.1 Å². The summed E-state index contributed by atoms with van der Waals surface area (Å²) in [5.74, 6) is -2.08. The predicted octanol–water partition coefficient (Wildman–Crippen LogP) is 3.94. The lowest BCUT2D eigenvalue weighted by Gasteiger charge is -2.15. The van der Waals surface area contributed by atoms with Gasteiger partial charge in [0.15, 0.2) is 0 Å². The summed E-state index contributed by atoms with van der Waals surface area (Å²) in [6.45, 7) is 0. The first kappa shape index (κ1) is 13.2. The number of benzene rings is 1. The van der Waals surface area contributed by atoms with Gasteiger partial charge < -0.3 is 5.11 Å². The molecule has 1 saturated carbocycles. The summed E-state index contributed by atoms with van der Waals surface area (Å²) in [6.07, 6.45) is -3.07. The van der Waals surface area contributed by atoms with E-state index in [1.54, 1.807) is 0 Å². The lowest BCUT2D eigenvalue weighted by atomic mass is 9.93. The zero-order valence-electron chi connectivity index (χ0n) is 9.17. The smallest absolute Gasteiger partial charge is 0.416 e. The summed E-state index contributed by atoms with van der Waals surface area (Å²) in [5, 5.41) is 9.01. The molecule has 1 aromatic rings. The van der Waals surface area contributed by atoms with Crippen molar-refractivity contribution >= 4 is 17.6 Å². The lowest BCUT2D eigenvalue weighted by Crippen LogP contribution is -2.15. The Balaban J connectivity index is 2.43. The SMILES string of the molecule is O=C(O)C(c1cc(Cl)cc(C(F)(F)F)c1)C1CC1. The molecule has 6 heteroatoms. The molecule has 1 aliphatic carbocycles. The Morgan fingerprint density at radius 2 is 1.94 bits per heavy atom. The van der Waals surface area contributed by atoms with E-state index in [4.69, 9.17) is 16.7 Å². The molecule has 0 spiro atoms. The van der Waals surface area contributed by atoms with Crippen LogP contribution >= 0.6 is 11.6 Å². The molecular formula is C12H10ClF3O2. The van der Waals surface area contributed by atoms with Crippen molar-refractivity contribution in [2.45, 2.75) is 24.9 Å². The van der Waals surface area contributed by atoms with Gasteiger partial charge in [0.05, 0.1) is 11.5 Å². The summed E-state index contributed by atoms with van der Waals surface area (Å²) < 4.78 is 37.9. The molecule has 0 bridgehead atoms. The van der Waals surface area contributed by atoms with Gasteiger partial charge in [-0.1, -0.05) is 11.6 Å². The van der Waals surface area contributed by atoms with Crippen molar-refractivity contribution in [2.75, 3.05) is 0 Å². The maximum atomic E-state index is 12.6. The van der Waals surface area contributed by atoms with Crippen LogP contribution in [0.2, 0.25) is 5.02 Å². The monoisotopic (exact) mass is 278 g/mol. The first-order valence-corrected chi connectivity index (χ1v) is 5.77. The highest BCUT2D eigenvalue weighted by atomic mass is 35.5. The third-order valence-corrected chi connectivity index (χ3v) is 3.18. The van der Waals surface area contributed by atoms with E-state index in [0.29, 0.717) is 0 Å². The van der Waals surface area contributed by atoms with E-state index in [-0.39, 0.29) is 16.5 Å². The van der Waals surface area contributed by atoms with E-state index in [0.717, 1.165) is 25.0 Å². The summed E-state index contributed by atoms with van der Waals surface area (Å²) in [7, 11) is 0. The van der Waals surface area contributed by atoms with E-state index in [2.05, 4.69) is 0 Å². The molecule has 2 nitrogen and oxygen atoms in total. The van der Waals surface area contributed by atoms with E-state index < -0.39 is 23.6 Å². The normalized spacial score (nSPS) is 17.6. The summed E-state index contributed by atoms with van der Waals surface area (Å²) in [6, 6.07) is 2.98. The van der Waals surface area contributed by atoms with E-state index in [1.165, 1.54) is 6.07 Å². The Morgan fingerprint density at radius 3 is 2.39 bits per heavy atom. The Kier molecular flexibility index (Phi) is 3.27. The van der Waals surface area contributed by atoms with Crippen molar-refractivity contribution in [2.24, 2.45) is 5.92 Å². The number of carboxylic acid groups (broad SMARTS) is 1. The minimum Gasteiger partial charge on any atom is -0.481 e. The second-order valence-corrected chi connectivity index (χ2v) is 4.86. The van der Waals surface area contributed by atoms with Crippen molar-refractivity contribution in [1.29, 1.82) is 0 Å². The second kappa shape index (κ2) is 4.46. The van der Waals surface area contributed by atoms with Crippen LogP contribution in [0.15, 0.2) is 18.2 Å². The van der Waals surface area contributed by atoms with Crippen LogP contribution < -0.4 is 0 Å². The number of halogens is 4. The number of aliphatic carboxylic acids is 1. The maximum Gasteiger partial charge on any atom is 0.416 e. The summed E-state index contributed by atoms with van der Waals surface area (Å²) >= 11 is 5.64. The average molecular weight is 279 g/mol. The highest BCUT2D eigenvalue weighted by Gasteiger charge is 2.39.